The lowest BCUT2D eigenvalue weighted by atomic mass is 10.2. The lowest BCUT2D eigenvalue weighted by molar-refractivity contribution is -0.120. The van der Waals surface area contributed by atoms with Crippen LogP contribution in [0.25, 0.3) is 0 Å². The van der Waals surface area contributed by atoms with Gasteiger partial charge in [0.2, 0.25) is 6.41 Å². The second-order valence-electron chi connectivity index (χ2n) is 5.13. The van der Waals surface area contributed by atoms with Gasteiger partial charge in [0.15, 0.2) is 0 Å². The summed E-state index contributed by atoms with van der Waals surface area (Å²) in [5.41, 5.74) is 2.06. The highest BCUT2D eigenvalue weighted by molar-refractivity contribution is 7.99. The summed E-state index contributed by atoms with van der Waals surface area (Å²) in [5.74, 6) is 0.510. The van der Waals surface area contributed by atoms with Gasteiger partial charge in [-0.2, -0.15) is 0 Å². The Balaban J connectivity index is 1.94. The van der Waals surface area contributed by atoms with Crippen molar-refractivity contribution in [3.8, 4) is 5.75 Å². The maximum Gasteiger partial charge on any atom is 0.298 e. The highest BCUT2D eigenvalue weighted by Gasteiger charge is 2.24. The third-order valence-electron chi connectivity index (χ3n) is 3.62. The summed E-state index contributed by atoms with van der Waals surface area (Å²) in [5, 5.41) is 3.35. The Bertz CT molecular complexity index is 769. The van der Waals surface area contributed by atoms with Gasteiger partial charge < -0.3 is 15.0 Å². The first-order valence-electron chi connectivity index (χ1n) is 7.39. The molecule has 0 radical (unpaired) electrons. The van der Waals surface area contributed by atoms with E-state index in [1.54, 1.807) is 17.8 Å². The molecule has 24 heavy (non-hydrogen) atoms. The highest BCUT2D eigenvalue weighted by atomic mass is 35.5. The molecule has 5 nitrogen and oxygen atoms in total. The van der Waals surface area contributed by atoms with E-state index in [4.69, 9.17) is 16.3 Å². The van der Waals surface area contributed by atoms with Crippen LogP contribution < -0.4 is 15.0 Å². The molecule has 0 atom stereocenters. The van der Waals surface area contributed by atoms with E-state index >= 15 is 0 Å². The van der Waals surface area contributed by atoms with E-state index in [9.17, 15) is 9.59 Å². The summed E-state index contributed by atoms with van der Waals surface area (Å²) >= 11 is 7.78. The molecule has 1 amide bonds. The number of nitrogens with zero attached hydrogens (tertiary/aromatic N) is 1. The Kier molecular flexibility index (Phi) is 5.27. The molecule has 0 bridgehead atoms. The minimum absolute atomic E-state index is 0.422. The minimum atomic E-state index is 0.422. The monoisotopic (exact) mass is 362 g/mol. The van der Waals surface area contributed by atoms with Crippen LogP contribution in [0.15, 0.2) is 46.2 Å². The summed E-state index contributed by atoms with van der Waals surface area (Å²) in [6.45, 7) is 1.76. The van der Waals surface area contributed by atoms with Crippen LogP contribution >= 0.6 is 23.4 Å². The van der Waals surface area contributed by atoms with Crippen LogP contribution in [0.1, 0.15) is 6.42 Å². The molecular weight excluding hydrogens is 348 g/mol. The molecule has 0 fully saturated rings. The average Bonchev–Trinajstić information content (AvgIpc) is 2.58. The fourth-order valence-corrected chi connectivity index (χ4v) is 3.87. The molecule has 0 aromatic heterocycles. The number of ether oxygens (including phenoxy) is 1. The first kappa shape index (κ1) is 16.7. The lowest BCUT2D eigenvalue weighted by Crippen LogP contribution is -2.25. The standard InChI is InChI=1S/C17H15ClN2O3S/c18-12-2-5-16-15(8-12)20(7-1-6-19-10-21)14-4-3-13(23-11-22)9-17(14)24-16/h2-5,8-11H,1,6-7H2,(H,19,21). The van der Waals surface area contributed by atoms with Crippen molar-refractivity contribution in [1.82, 2.24) is 5.32 Å². The van der Waals surface area contributed by atoms with Gasteiger partial charge in [-0.1, -0.05) is 23.4 Å². The van der Waals surface area contributed by atoms with Gasteiger partial charge in [-0.05, 0) is 42.8 Å². The molecule has 1 aliphatic rings. The van der Waals surface area contributed by atoms with Gasteiger partial charge >= 0.3 is 0 Å². The number of hydrogen-bond acceptors (Lipinski definition) is 5. The number of rotatable bonds is 7. The van der Waals surface area contributed by atoms with Crippen molar-refractivity contribution in [3.05, 3.63) is 41.4 Å². The number of carbonyl (C=O) groups is 2. The molecule has 1 N–H and O–H groups in total. The number of benzene rings is 2. The maximum atomic E-state index is 10.6. The summed E-state index contributed by atoms with van der Waals surface area (Å²) < 4.78 is 4.94. The van der Waals surface area contributed by atoms with Gasteiger partial charge in [0.05, 0.1) is 11.4 Å². The molecule has 124 valence electrons. The van der Waals surface area contributed by atoms with Gasteiger partial charge in [-0.3, -0.25) is 9.59 Å². The lowest BCUT2D eigenvalue weighted by Gasteiger charge is -2.33. The number of carbonyl (C=O) groups excluding carboxylic acids is 2. The summed E-state index contributed by atoms with van der Waals surface area (Å²) in [6, 6.07) is 11.3. The smallest absolute Gasteiger partial charge is 0.298 e. The van der Waals surface area contributed by atoms with Crippen molar-refractivity contribution < 1.29 is 14.3 Å². The minimum Gasteiger partial charge on any atom is -0.429 e. The van der Waals surface area contributed by atoms with Gasteiger partial charge in [0.25, 0.3) is 6.47 Å². The Labute approximate surface area is 148 Å². The third-order valence-corrected chi connectivity index (χ3v) is 4.97. The molecule has 0 aliphatic carbocycles. The number of nitrogens with one attached hydrogen (secondary N) is 1. The molecule has 0 saturated heterocycles. The van der Waals surface area contributed by atoms with Crippen LogP contribution in [0.2, 0.25) is 5.02 Å². The first-order chi connectivity index (χ1) is 11.7. The summed E-state index contributed by atoms with van der Waals surface area (Å²) in [7, 11) is 0. The van der Waals surface area contributed by atoms with Crippen LogP contribution in [0.3, 0.4) is 0 Å². The molecule has 7 heteroatoms. The van der Waals surface area contributed by atoms with Crippen molar-refractivity contribution in [2.24, 2.45) is 0 Å². The molecule has 2 aromatic carbocycles. The average molecular weight is 363 g/mol. The van der Waals surface area contributed by atoms with E-state index in [0.29, 0.717) is 30.2 Å². The van der Waals surface area contributed by atoms with Crippen molar-refractivity contribution in [1.29, 1.82) is 0 Å². The Hall–Kier alpha value is -2.18. The fourth-order valence-electron chi connectivity index (χ4n) is 2.60. The van der Waals surface area contributed by atoms with Crippen molar-refractivity contribution >= 4 is 47.6 Å². The van der Waals surface area contributed by atoms with Crippen molar-refractivity contribution in [2.45, 2.75) is 16.2 Å². The topological polar surface area (TPSA) is 58.6 Å². The third kappa shape index (κ3) is 3.49. The zero-order valence-corrected chi connectivity index (χ0v) is 14.3. The highest BCUT2D eigenvalue weighted by Crippen LogP contribution is 2.49. The van der Waals surface area contributed by atoms with Crippen LogP contribution in [0, 0.1) is 0 Å². The van der Waals surface area contributed by atoms with Gasteiger partial charge in [0, 0.05) is 27.9 Å². The van der Waals surface area contributed by atoms with Crippen molar-refractivity contribution in [2.75, 3.05) is 18.0 Å². The fraction of sp³-hybridized carbons (Fsp3) is 0.176. The molecular formula is C17H15ClN2O3S. The van der Waals surface area contributed by atoms with Crippen LogP contribution in [0.5, 0.6) is 5.75 Å². The van der Waals surface area contributed by atoms with E-state index in [1.807, 2.05) is 30.3 Å². The SMILES string of the molecule is O=CNCCCN1c2ccc(OC=O)cc2Sc2ccc(Cl)cc21. The van der Waals surface area contributed by atoms with E-state index in [-0.39, 0.29) is 0 Å². The van der Waals surface area contributed by atoms with Crippen LogP contribution in [-0.4, -0.2) is 26.0 Å². The quantitative estimate of drug-likeness (QED) is 0.602. The Morgan fingerprint density at radius 3 is 2.79 bits per heavy atom. The van der Waals surface area contributed by atoms with Gasteiger partial charge in [-0.15, -0.1) is 0 Å². The molecule has 0 unspecified atom stereocenters. The zero-order valence-electron chi connectivity index (χ0n) is 12.7. The van der Waals surface area contributed by atoms with Gasteiger partial charge in [-0.25, -0.2) is 0 Å². The van der Waals surface area contributed by atoms with E-state index in [1.165, 1.54) is 0 Å². The predicted molar refractivity (Wildman–Crippen MR) is 94.4 cm³/mol. The largest absolute Gasteiger partial charge is 0.429 e. The van der Waals surface area contributed by atoms with Crippen LogP contribution in [-0.2, 0) is 9.59 Å². The summed E-state index contributed by atoms with van der Waals surface area (Å²) in [6.07, 6.45) is 1.50. The van der Waals surface area contributed by atoms with E-state index < -0.39 is 0 Å². The number of amides is 1. The predicted octanol–water partition coefficient (Wildman–Crippen LogP) is 3.61. The van der Waals surface area contributed by atoms with Crippen LogP contribution in [0.4, 0.5) is 11.4 Å². The molecule has 1 heterocycles. The van der Waals surface area contributed by atoms with Crippen molar-refractivity contribution in [3.63, 3.8) is 0 Å². The maximum absolute atomic E-state index is 10.6. The molecule has 0 spiro atoms. The molecule has 1 aliphatic heterocycles. The normalized spacial score (nSPS) is 12.1. The molecule has 0 saturated carbocycles. The molecule has 2 aromatic rings. The number of anilines is 2. The first-order valence-corrected chi connectivity index (χ1v) is 8.58. The Morgan fingerprint density at radius 1 is 1.12 bits per heavy atom. The molecule has 3 rings (SSSR count). The summed E-state index contributed by atoms with van der Waals surface area (Å²) in [4.78, 5) is 25.2. The van der Waals surface area contributed by atoms with E-state index in [0.717, 1.165) is 34.1 Å². The number of halogens is 1. The van der Waals surface area contributed by atoms with E-state index in [2.05, 4.69) is 10.2 Å². The second-order valence-corrected chi connectivity index (χ2v) is 6.66. The number of hydrogen-bond donors (Lipinski definition) is 1. The number of fused-ring (bicyclic) bond motifs is 2. The van der Waals surface area contributed by atoms with Gasteiger partial charge in [0.1, 0.15) is 5.75 Å². The zero-order chi connectivity index (χ0) is 16.9. The Morgan fingerprint density at radius 2 is 2.00 bits per heavy atom. The second kappa shape index (κ2) is 7.59.